The zero-order chi connectivity index (χ0) is 34.1. The minimum Gasteiger partial charge on any atom is -0.477 e. The van der Waals surface area contributed by atoms with Crippen molar-refractivity contribution in [3.05, 3.63) is 83.5 Å². The first kappa shape index (κ1) is 34.0. The van der Waals surface area contributed by atoms with Gasteiger partial charge in [0.2, 0.25) is 17.4 Å². The van der Waals surface area contributed by atoms with E-state index in [9.17, 15) is 44.9 Å². The van der Waals surface area contributed by atoms with E-state index in [2.05, 4.69) is 0 Å². The number of benzene rings is 3. The smallest absolute Gasteiger partial charge is 0.341 e. The molecule has 0 heterocycles. The van der Waals surface area contributed by atoms with E-state index in [-0.39, 0.29) is 24.7 Å². The Kier molecular flexibility index (Phi) is 9.09. The Morgan fingerprint density at radius 3 is 1.64 bits per heavy atom. The minimum atomic E-state index is -4.62. The van der Waals surface area contributed by atoms with Gasteiger partial charge in [-0.25, -0.2) is 13.6 Å². The van der Waals surface area contributed by atoms with E-state index in [1.165, 1.54) is 12.1 Å². The van der Waals surface area contributed by atoms with E-state index >= 15 is 0 Å². The third-order valence-corrected chi connectivity index (χ3v) is 12.7. The maximum Gasteiger partial charge on any atom is 0.341 e. The number of hydrogen-bond donors (Lipinski definition) is 2. The fourth-order valence-corrected chi connectivity index (χ4v) is 11.7. The maximum atomic E-state index is 14.9. The average molecular weight is 900 g/mol. The van der Waals surface area contributed by atoms with Gasteiger partial charge in [0.25, 0.3) is 10.1 Å². The van der Waals surface area contributed by atoms with Crippen molar-refractivity contribution in [1.82, 2.24) is 0 Å². The van der Waals surface area contributed by atoms with Gasteiger partial charge in [-0.2, -0.15) is 17.2 Å². The quantitative estimate of drug-likeness (QED) is 0.0679. The number of fused-ring (bicyclic) bond motifs is 1. The topological polar surface area (TPSA) is 144 Å². The number of hydrogen-bond acceptors (Lipinski definition) is 7. The molecule has 0 aliphatic heterocycles. The molecular formula is C31H22F4I2O9S. The third-order valence-electron chi connectivity index (χ3n) is 9.30. The maximum absolute atomic E-state index is 14.9. The monoisotopic (exact) mass is 900 g/mol. The summed E-state index contributed by atoms with van der Waals surface area (Å²) in [6.45, 7) is 0. The van der Waals surface area contributed by atoms with Crippen LogP contribution in [0.3, 0.4) is 0 Å². The van der Waals surface area contributed by atoms with Crippen molar-refractivity contribution in [3.8, 4) is 11.5 Å². The molecule has 4 aliphatic rings. The number of carboxylic acids is 1. The van der Waals surface area contributed by atoms with Gasteiger partial charge in [0, 0.05) is 19.0 Å². The van der Waals surface area contributed by atoms with Gasteiger partial charge in [-0.3, -0.25) is 14.1 Å². The molecular weight excluding hydrogens is 878 g/mol. The lowest BCUT2D eigenvalue weighted by molar-refractivity contribution is -0.160. The highest BCUT2D eigenvalue weighted by atomic mass is 127. The summed E-state index contributed by atoms with van der Waals surface area (Å²) < 4.78 is 103. The molecule has 0 aromatic heterocycles. The molecule has 3 aromatic rings. The lowest BCUT2D eigenvalue weighted by Gasteiger charge is -2.57. The minimum absolute atomic E-state index is 0.0402. The van der Waals surface area contributed by atoms with Crippen molar-refractivity contribution in [1.29, 1.82) is 0 Å². The molecule has 3 aromatic carbocycles. The summed E-state index contributed by atoms with van der Waals surface area (Å²) in [6, 6.07) is 9.52. The second-order valence-electron chi connectivity index (χ2n) is 11.6. The number of halogens is 6. The highest BCUT2D eigenvalue weighted by Gasteiger charge is 2.62. The summed E-state index contributed by atoms with van der Waals surface area (Å²) >= 11 is 3.30. The molecule has 4 aliphatic carbocycles. The van der Waals surface area contributed by atoms with Crippen LogP contribution in [0, 0.1) is 54.1 Å². The Hall–Kier alpha value is -2.84. The Balaban J connectivity index is 1.45. The summed E-state index contributed by atoms with van der Waals surface area (Å²) in [7, 11) is -4.62. The Morgan fingerprint density at radius 2 is 1.21 bits per heavy atom. The van der Waals surface area contributed by atoms with Crippen molar-refractivity contribution in [2.24, 2.45) is 23.7 Å². The lowest BCUT2D eigenvalue weighted by atomic mass is 9.46. The standard InChI is InChI=1S/C31H22F4I2O9S/c32-23-22(29(38)39)24(33)26(35)27(25(23)34)46-31(41)21-19-14-7-3-1-5-12(14)18(13-6-2-4-8-15(13)19)20(21)30(40)45-11-9-16(36)28(17(37)10-11)47(42,43)44/h1,3,5,7,9-10,13,15,18-21H,2,4,6,8H2,(H,38,39)(H,42,43,44). The van der Waals surface area contributed by atoms with Crippen molar-refractivity contribution >= 4 is 73.2 Å². The van der Waals surface area contributed by atoms with Gasteiger partial charge in [-0.15, -0.1) is 0 Å². The largest absolute Gasteiger partial charge is 0.477 e. The van der Waals surface area contributed by atoms with Gasteiger partial charge in [0.05, 0.1) is 11.8 Å². The predicted molar refractivity (Wildman–Crippen MR) is 171 cm³/mol. The number of carbonyl (C=O) groups is 3. The molecule has 7 rings (SSSR count). The lowest BCUT2D eigenvalue weighted by Crippen LogP contribution is -2.56. The van der Waals surface area contributed by atoms with Crippen LogP contribution in [0.25, 0.3) is 0 Å². The van der Waals surface area contributed by atoms with Gasteiger partial charge in [-0.05, 0) is 93.1 Å². The predicted octanol–water partition coefficient (Wildman–Crippen LogP) is 6.84. The van der Waals surface area contributed by atoms with E-state index in [0.717, 1.165) is 18.4 Å². The number of carbonyl (C=O) groups excluding carboxylic acids is 2. The Morgan fingerprint density at radius 1 is 0.766 bits per heavy atom. The van der Waals surface area contributed by atoms with Crippen molar-refractivity contribution in [2.45, 2.75) is 42.4 Å². The molecule has 16 heteroatoms. The second-order valence-corrected chi connectivity index (χ2v) is 15.3. The number of ether oxygens (including phenoxy) is 2. The van der Waals surface area contributed by atoms with Crippen LogP contribution in [0.1, 0.15) is 59.0 Å². The SMILES string of the molecule is O=C(O)c1c(F)c(F)c(OC(=O)C2C(C(=O)Oc3cc(I)c(S(=O)(=O)O)c(I)c3)C3c4ccccc4C2C2CCCCC23)c(F)c1F. The van der Waals surface area contributed by atoms with E-state index < -0.39 is 91.2 Å². The molecule has 6 atom stereocenters. The third kappa shape index (κ3) is 5.71. The van der Waals surface area contributed by atoms with E-state index in [4.69, 9.17) is 14.6 Å². The molecule has 248 valence electrons. The molecule has 2 fully saturated rings. The normalized spacial score (nSPS) is 24.7. The molecule has 0 saturated heterocycles. The molecule has 2 saturated carbocycles. The fraction of sp³-hybridized carbons (Fsp3) is 0.323. The Labute approximate surface area is 292 Å². The van der Waals surface area contributed by atoms with Gasteiger partial charge in [0.1, 0.15) is 16.2 Å². The average Bonchev–Trinajstić information content (AvgIpc) is 3.00. The molecule has 6 unspecified atom stereocenters. The first-order valence-electron chi connectivity index (χ1n) is 14.2. The van der Waals surface area contributed by atoms with Crippen LogP contribution in [0.2, 0.25) is 0 Å². The van der Waals surface area contributed by atoms with E-state index in [0.29, 0.717) is 18.4 Å². The number of carboxylic acid groups (broad SMARTS) is 1. The zero-order valence-electron chi connectivity index (χ0n) is 23.7. The second kappa shape index (κ2) is 12.6. The van der Waals surface area contributed by atoms with Crippen LogP contribution >= 0.6 is 45.2 Å². The van der Waals surface area contributed by atoms with Crippen LogP contribution in [0.5, 0.6) is 11.5 Å². The van der Waals surface area contributed by atoms with Gasteiger partial charge in [0.15, 0.2) is 11.6 Å². The van der Waals surface area contributed by atoms with E-state index in [1.807, 2.05) is 6.07 Å². The van der Waals surface area contributed by atoms with Crippen LogP contribution in [0.15, 0.2) is 41.3 Å². The molecule has 9 nitrogen and oxygen atoms in total. The van der Waals surface area contributed by atoms with Crippen LogP contribution in [-0.2, 0) is 19.7 Å². The Bertz CT molecular complexity index is 1920. The number of rotatable bonds is 6. The molecule has 0 spiro atoms. The number of esters is 2. The van der Waals surface area contributed by atoms with Crippen molar-refractivity contribution in [2.75, 3.05) is 0 Å². The van der Waals surface area contributed by atoms with Gasteiger partial charge < -0.3 is 14.6 Å². The molecule has 47 heavy (non-hydrogen) atoms. The highest BCUT2D eigenvalue weighted by molar-refractivity contribution is 14.1. The molecule has 2 bridgehead atoms. The summed E-state index contributed by atoms with van der Waals surface area (Å²) in [5.41, 5.74) is -0.410. The van der Waals surface area contributed by atoms with Crippen LogP contribution < -0.4 is 9.47 Å². The molecule has 0 radical (unpaired) electrons. The molecule has 0 amide bonds. The summed E-state index contributed by atoms with van der Waals surface area (Å²) in [4.78, 5) is 39.0. The first-order chi connectivity index (χ1) is 22.1. The fourth-order valence-electron chi connectivity index (χ4n) is 7.70. The van der Waals surface area contributed by atoms with Gasteiger partial charge >= 0.3 is 17.9 Å². The summed E-state index contributed by atoms with van der Waals surface area (Å²) in [5, 5.41) is 9.04. The zero-order valence-corrected chi connectivity index (χ0v) is 28.8. The van der Waals surface area contributed by atoms with Crippen molar-refractivity contribution in [3.63, 3.8) is 0 Å². The molecule has 2 N–H and O–H groups in total. The summed E-state index contributed by atoms with van der Waals surface area (Å²) in [5.74, 6) is -19.8. The first-order valence-corrected chi connectivity index (χ1v) is 17.8. The highest BCUT2D eigenvalue weighted by Crippen LogP contribution is 2.64. The van der Waals surface area contributed by atoms with Crippen LogP contribution in [-0.4, -0.2) is 36.0 Å². The van der Waals surface area contributed by atoms with Gasteiger partial charge in [-0.1, -0.05) is 37.1 Å². The van der Waals surface area contributed by atoms with Crippen LogP contribution in [0.4, 0.5) is 17.6 Å². The van der Waals surface area contributed by atoms with Crippen molar-refractivity contribution < 1.29 is 59.5 Å². The summed E-state index contributed by atoms with van der Waals surface area (Å²) in [6.07, 6.45) is 3.04. The van der Waals surface area contributed by atoms with E-state index in [1.54, 1.807) is 63.4 Å². The number of aromatic carboxylic acids is 1.